The third-order valence-electron chi connectivity index (χ3n) is 3.02. The highest BCUT2D eigenvalue weighted by molar-refractivity contribution is 7.89. The summed E-state index contributed by atoms with van der Waals surface area (Å²) in [6.45, 7) is 0. The molecule has 0 saturated carbocycles. The molecule has 0 bridgehead atoms. The number of H-pyrrole nitrogens is 1. The van der Waals surface area contributed by atoms with Crippen LogP contribution in [0.25, 0.3) is 11.0 Å². The summed E-state index contributed by atoms with van der Waals surface area (Å²) in [7, 11) is -2.45. The minimum atomic E-state index is -3.71. The van der Waals surface area contributed by atoms with Crippen LogP contribution in [0, 0.1) is 0 Å². The number of amides is 1. The highest BCUT2D eigenvalue weighted by Crippen LogP contribution is 2.18. The van der Waals surface area contributed by atoms with E-state index in [2.05, 4.69) is 20.0 Å². The van der Waals surface area contributed by atoms with Gasteiger partial charge < -0.3 is 14.7 Å². The Bertz CT molecular complexity index is 942. The Morgan fingerprint density at radius 3 is 2.86 bits per heavy atom. The fourth-order valence-corrected chi connectivity index (χ4v) is 2.54. The number of carbonyl (C=O) groups excluding carboxylic acids is 1. The third kappa shape index (κ3) is 2.59. The monoisotopic (exact) mass is 320 g/mol. The normalized spacial score (nSPS) is 11.7. The van der Waals surface area contributed by atoms with Gasteiger partial charge in [-0.1, -0.05) is 0 Å². The Hall–Kier alpha value is -2.65. The van der Waals surface area contributed by atoms with Crippen LogP contribution < -0.4 is 10.0 Å². The second-order valence-corrected chi connectivity index (χ2v) is 6.23. The Morgan fingerprint density at radius 1 is 1.27 bits per heavy atom. The molecule has 1 amide bonds. The molecule has 0 fully saturated rings. The van der Waals surface area contributed by atoms with Gasteiger partial charge in [0.05, 0.1) is 17.4 Å². The lowest BCUT2D eigenvalue weighted by molar-refractivity contribution is 0.0991. The van der Waals surface area contributed by atoms with Crippen molar-refractivity contribution in [3.05, 3.63) is 42.4 Å². The van der Waals surface area contributed by atoms with E-state index < -0.39 is 15.9 Å². The van der Waals surface area contributed by atoms with E-state index in [1.807, 2.05) is 0 Å². The molecule has 3 aromatic rings. The summed E-state index contributed by atoms with van der Waals surface area (Å²) in [5.41, 5.74) is 2.09. The molecule has 9 heteroatoms. The van der Waals surface area contributed by atoms with Crippen LogP contribution in [0.1, 0.15) is 10.6 Å². The van der Waals surface area contributed by atoms with Crippen molar-refractivity contribution in [3.63, 3.8) is 0 Å². The second-order valence-electron chi connectivity index (χ2n) is 4.41. The van der Waals surface area contributed by atoms with Crippen molar-refractivity contribution >= 4 is 32.7 Å². The van der Waals surface area contributed by atoms with E-state index in [9.17, 15) is 13.2 Å². The quantitative estimate of drug-likeness (QED) is 0.670. The number of fused-ring (bicyclic) bond motifs is 1. The van der Waals surface area contributed by atoms with Gasteiger partial charge in [0.2, 0.25) is 5.09 Å². The summed E-state index contributed by atoms with van der Waals surface area (Å²) in [4.78, 5) is 19.1. The number of benzene rings is 1. The molecule has 22 heavy (non-hydrogen) atoms. The summed E-state index contributed by atoms with van der Waals surface area (Å²) in [6.07, 6.45) is 1.55. The number of aromatic amines is 1. The van der Waals surface area contributed by atoms with Gasteiger partial charge in [0.15, 0.2) is 5.76 Å². The number of furan rings is 1. The van der Waals surface area contributed by atoms with Crippen molar-refractivity contribution in [1.29, 1.82) is 0 Å². The Morgan fingerprint density at radius 2 is 2.09 bits per heavy atom. The van der Waals surface area contributed by atoms with E-state index in [1.54, 1.807) is 24.5 Å². The first-order valence-corrected chi connectivity index (χ1v) is 7.76. The molecule has 3 N–H and O–H groups in total. The SMILES string of the molecule is CNS(=O)(=O)c1ccc(C(=O)Nc2ccc3nc[nH]c3c2)o1. The van der Waals surface area contributed by atoms with E-state index in [4.69, 9.17) is 4.42 Å². The highest BCUT2D eigenvalue weighted by atomic mass is 32.2. The van der Waals surface area contributed by atoms with Gasteiger partial charge in [0.25, 0.3) is 15.9 Å². The van der Waals surface area contributed by atoms with Crippen LogP contribution in [0.3, 0.4) is 0 Å². The zero-order valence-electron chi connectivity index (χ0n) is 11.5. The van der Waals surface area contributed by atoms with Crippen molar-refractivity contribution in [1.82, 2.24) is 14.7 Å². The average molecular weight is 320 g/mol. The molecule has 1 aromatic carbocycles. The maximum absolute atomic E-state index is 12.1. The van der Waals surface area contributed by atoms with Crippen molar-refractivity contribution in [2.24, 2.45) is 0 Å². The number of nitrogens with one attached hydrogen (secondary N) is 3. The van der Waals surface area contributed by atoms with Crippen molar-refractivity contribution < 1.29 is 17.6 Å². The number of rotatable bonds is 4. The highest BCUT2D eigenvalue weighted by Gasteiger charge is 2.19. The molecule has 8 nitrogen and oxygen atoms in total. The number of hydrogen-bond acceptors (Lipinski definition) is 5. The molecular weight excluding hydrogens is 308 g/mol. The average Bonchev–Trinajstić information content (AvgIpc) is 3.16. The number of aromatic nitrogens is 2. The molecule has 0 atom stereocenters. The molecular formula is C13H12N4O4S. The molecule has 0 aliphatic rings. The predicted molar refractivity (Wildman–Crippen MR) is 79.0 cm³/mol. The van der Waals surface area contributed by atoms with Gasteiger partial charge in [-0.25, -0.2) is 18.1 Å². The molecule has 0 unspecified atom stereocenters. The largest absolute Gasteiger partial charge is 0.438 e. The zero-order valence-corrected chi connectivity index (χ0v) is 12.3. The first-order chi connectivity index (χ1) is 10.5. The van der Waals surface area contributed by atoms with E-state index in [0.29, 0.717) is 5.69 Å². The lowest BCUT2D eigenvalue weighted by atomic mass is 10.2. The molecule has 2 heterocycles. The summed E-state index contributed by atoms with van der Waals surface area (Å²) in [5, 5.41) is 2.31. The molecule has 0 saturated heterocycles. The number of hydrogen-bond donors (Lipinski definition) is 3. The molecule has 3 rings (SSSR count). The van der Waals surface area contributed by atoms with Gasteiger partial charge in [-0.05, 0) is 37.4 Å². The molecule has 2 aromatic heterocycles. The van der Waals surface area contributed by atoms with E-state index in [0.717, 1.165) is 11.0 Å². The van der Waals surface area contributed by atoms with Gasteiger partial charge in [-0.2, -0.15) is 0 Å². The van der Waals surface area contributed by atoms with Gasteiger partial charge in [-0.3, -0.25) is 4.79 Å². The molecule has 114 valence electrons. The van der Waals surface area contributed by atoms with Crippen molar-refractivity contribution in [2.75, 3.05) is 12.4 Å². The third-order valence-corrected chi connectivity index (χ3v) is 4.30. The first kappa shape index (κ1) is 14.3. The fourth-order valence-electron chi connectivity index (χ4n) is 1.89. The standard InChI is InChI=1S/C13H12N4O4S/c1-14-22(19,20)12-5-4-11(21-12)13(18)17-8-2-3-9-10(6-8)16-7-15-9/h2-7,14H,1H3,(H,15,16)(H,17,18). The summed E-state index contributed by atoms with van der Waals surface area (Å²) < 4.78 is 30.3. The van der Waals surface area contributed by atoms with Crippen molar-refractivity contribution in [2.45, 2.75) is 5.09 Å². The minimum Gasteiger partial charge on any atom is -0.438 e. The van der Waals surface area contributed by atoms with Crippen LogP contribution in [0.5, 0.6) is 0 Å². The zero-order chi connectivity index (χ0) is 15.7. The summed E-state index contributed by atoms with van der Waals surface area (Å²) in [5.74, 6) is -0.644. The van der Waals surface area contributed by atoms with Crippen LogP contribution in [-0.2, 0) is 10.0 Å². The molecule has 0 radical (unpaired) electrons. The lowest BCUT2D eigenvalue weighted by Crippen LogP contribution is -2.18. The van der Waals surface area contributed by atoms with Crippen LogP contribution in [0.15, 0.2) is 46.2 Å². The number of carbonyl (C=O) groups is 1. The maximum atomic E-state index is 12.1. The topological polar surface area (TPSA) is 117 Å². The second kappa shape index (κ2) is 5.28. The van der Waals surface area contributed by atoms with Gasteiger partial charge in [0, 0.05) is 5.69 Å². The van der Waals surface area contributed by atoms with Crippen LogP contribution in [0.2, 0.25) is 0 Å². The van der Waals surface area contributed by atoms with Crippen molar-refractivity contribution in [3.8, 4) is 0 Å². The maximum Gasteiger partial charge on any atom is 0.291 e. The Kier molecular flexibility index (Phi) is 3.43. The van der Waals surface area contributed by atoms with Gasteiger partial charge in [0.1, 0.15) is 0 Å². The number of anilines is 1. The van der Waals surface area contributed by atoms with Crippen LogP contribution in [-0.4, -0.2) is 31.3 Å². The predicted octanol–water partition coefficient (Wildman–Crippen LogP) is 1.32. The van der Waals surface area contributed by atoms with Crippen LogP contribution in [0.4, 0.5) is 5.69 Å². The Balaban J connectivity index is 1.82. The van der Waals surface area contributed by atoms with E-state index in [1.165, 1.54) is 19.2 Å². The minimum absolute atomic E-state index is 0.0986. The summed E-state index contributed by atoms with van der Waals surface area (Å²) in [6, 6.07) is 7.68. The number of imidazole rings is 1. The van der Waals surface area contributed by atoms with Gasteiger partial charge in [-0.15, -0.1) is 0 Å². The molecule has 0 aliphatic carbocycles. The summed E-state index contributed by atoms with van der Waals surface area (Å²) >= 11 is 0. The van der Waals surface area contributed by atoms with Crippen LogP contribution >= 0.6 is 0 Å². The lowest BCUT2D eigenvalue weighted by Gasteiger charge is -2.03. The molecule has 0 spiro atoms. The smallest absolute Gasteiger partial charge is 0.291 e. The molecule has 0 aliphatic heterocycles. The van der Waals surface area contributed by atoms with Gasteiger partial charge >= 0.3 is 0 Å². The van der Waals surface area contributed by atoms with E-state index in [-0.39, 0.29) is 10.9 Å². The fraction of sp³-hybridized carbons (Fsp3) is 0.0769. The first-order valence-electron chi connectivity index (χ1n) is 6.27. The number of sulfonamides is 1. The Labute approximate surface area is 125 Å². The van der Waals surface area contributed by atoms with E-state index >= 15 is 0 Å². The number of nitrogens with zero attached hydrogens (tertiary/aromatic N) is 1.